The smallest absolute Gasteiger partial charge is 0.227 e. The van der Waals surface area contributed by atoms with E-state index in [1.807, 2.05) is 11.5 Å². The Morgan fingerprint density at radius 3 is 2.44 bits per heavy atom. The molecule has 7 nitrogen and oxygen atoms in total. The van der Waals surface area contributed by atoms with Crippen molar-refractivity contribution in [2.75, 3.05) is 5.32 Å². The molecule has 2 N–H and O–H groups in total. The second kappa shape index (κ2) is 8.53. The van der Waals surface area contributed by atoms with E-state index in [9.17, 15) is 9.90 Å². The highest BCUT2D eigenvalue weighted by Crippen LogP contribution is 2.39. The van der Waals surface area contributed by atoms with Crippen molar-refractivity contribution in [2.45, 2.75) is 40.2 Å². The summed E-state index contributed by atoms with van der Waals surface area (Å²) < 4.78 is 2.04. The molecule has 0 unspecified atom stereocenters. The van der Waals surface area contributed by atoms with Gasteiger partial charge in [0, 0.05) is 21.7 Å². The number of benzene rings is 2. The van der Waals surface area contributed by atoms with Crippen LogP contribution in [0.15, 0.2) is 53.5 Å². The van der Waals surface area contributed by atoms with Crippen LogP contribution in [0.25, 0.3) is 5.00 Å². The summed E-state index contributed by atoms with van der Waals surface area (Å²) in [5, 5.41) is 22.2. The number of rotatable bonds is 4. The largest absolute Gasteiger partial charge is 0.508 e. The van der Waals surface area contributed by atoms with Crippen LogP contribution in [0.3, 0.4) is 0 Å². The summed E-state index contributed by atoms with van der Waals surface area (Å²) in [6, 6.07) is 14.2. The molecule has 172 valence electrons. The first-order chi connectivity index (χ1) is 16.3. The van der Waals surface area contributed by atoms with Gasteiger partial charge in [0.05, 0.1) is 12.1 Å². The number of carbonyl (C=O) groups excluding carboxylic acids is 1. The SMILES string of the molecule is Cc1ccc(C2=N[C@@H](CC(=O)Nc3ccc(O)cc3)c3nnc(C)n3-c3sc(C)c(C)c32)cc1. The zero-order valence-corrected chi connectivity index (χ0v) is 20.3. The third-order valence-corrected chi connectivity index (χ3v) is 7.29. The number of phenolic OH excluding ortho intramolecular Hbond substituents is 1. The van der Waals surface area contributed by atoms with E-state index >= 15 is 0 Å². The number of thiophene rings is 1. The molecule has 2 aromatic carbocycles. The number of hydrogen-bond acceptors (Lipinski definition) is 6. The Hall–Kier alpha value is -3.78. The number of amides is 1. The first-order valence-corrected chi connectivity index (χ1v) is 11.9. The highest BCUT2D eigenvalue weighted by Gasteiger charge is 2.32. The van der Waals surface area contributed by atoms with Crippen molar-refractivity contribution < 1.29 is 9.90 Å². The van der Waals surface area contributed by atoms with Gasteiger partial charge >= 0.3 is 0 Å². The van der Waals surface area contributed by atoms with Gasteiger partial charge in [-0.3, -0.25) is 14.4 Å². The van der Waals surface area contributed by atoms with Crippen LogP contribution in [-0.4, -0.2) is 31.5 Å². The molecule has 1 aliphatic rings. The van der Waals surface area contributed by atoms with Gasteiger partial charge in [-0.25, -0.2) is 0 Å². The molecule has 1 aliphatic heterocycles. The molecular formula is C26H25N5O2S. The number of phenols is 1. The monoisotopic (exact) mass is 471 g/mol. The average molecular weight is 472 g/mol. The van der Waals surface area contributed by atoms with Crippen molar-refractivity contribution in [3.63, 3.8) is 0 Å². The summed E-state index contributed by atoms with van der Waals surface area (Å²) in [5.41, 5.74) is 5.90. The molecule has 0 bridgehead atoms. The number of nitrogens with zero attached hydrogens (tertiary/aromatic N) is 4. The van der Waals surface area contributed by atoms with Crippen LogP contribution in [0.2, 0.25) is 0 Å². The summed E-state index contributed by atoms with van der Waals surface area (Å²) in [6.07, 6.45) is 0.112. The van der Waals surface area contributed by atoms with Gasteiger partial charge < -0.3 is 10.4 Å². The lowest BCUT2D eigenvalue weighted by atomic mass is 9.99. The second-order valence-electron chi connectivity index (χ2n) is 8.56. The molecule has 5 rings (SSSR count). The van der Waals surface area contributed by atoms with E-state index in [0.29, 0.717) is 11.5 Å². The molecule has 2 aromatic heterocycles. The quantitative estimate of drug-likeness (QED) is 0.401. The lowest BCUT2D eigenvalue weighted by Gasteiger charge is -2.13. The van der Waals surface area contributed by atoms with Gasteiger partial charge in [0.2, 0.25) is 5.91 Å². The standard InChI is InChI=1S/C26H25N5O2S/c1-14-5-7-18(8-6-14)24-23-15(2)16(3)34-26(23)31-17(4)29-30-25(31)21(28-24)13-22(33)27-19-9-11-20(32)12-10-19/h5-12,21,32H,13H2,1-4H3,(H,27,33)/t21-/m0/s1. The Morgan fingerprint density at radius 1 is 1.03 bits per heavy atom. The molecule has 1 amide bonds. The molecule has 0 radical (unpaired) electrons. The summed E-state index contributed by atoms with van der Waals surface area (Å²) in [5.74, 6) is 1.38. The van der Waals surface area contributed by atoms with Crippen LogP contribution in [0.4, 0.5) is 5.69 Å². The predicted octanol–water partition coefficient (Wildman–Crippen LogP) is 5.19. The molecule has 0 spiro atoms. The van der Waals surface area contributed by atoms with Crippen molar-refractivity contribution in [2.24, 2.45) is 4.99 Å². The minimum absolute atomic E-state index is 0.112. The number of aliphatic imine (C=N–C) groups is 1. The number of carbonyl (C=O) groups is 1. The molecule has 1 atom stereocenters. The number of nitrogens with one attached hydrogen (secondary N) is 1. The summed E-state index contributed by atoms with van der Waals surface area (Å²) in [7, 11) is 0. The van der Waals surface area contributed by atoms with Crippen LogP contribution in [0.1, 0.15) is 51.2 Å². The van der Waals surface area contributed by atoms with Gasteiger partial charge in [-0.05, 0) is 57.5 Å². The van der Waals surface area contributed by atoms with Crippen molar-refractivity contribution in [1.82, 2.24) is 14.8 Å². The third kappa shape index (κ3) is 3.90. The fourth-order valence-corrected chi connectivity index (χ4v) is 5.38. The molecule has 0 saturated heterocycles. The summed E-state index contributed by atoms with van der Waals surface area (Å²) in [4.78, 5) is 19.4. The van der Waals surface area contributed by atoms with E-state index in [1.165, 1.54) is 28.1 Å². The molecule has 4 aromatic rings. The zero-order valence-electron chi connectivity index (χ0n) is 19.5. The first kappa shape index (κ1) is 22.0. The van der Waals surface area contributed by atoms with E-state index < -0.39 is 6.04 Å². The van der Waals surface area contributed by atoms with Crippen LogP contribution in [-0.2, 0) is 4.79 Å². The fourth-order valence-electron chi connectivity index (χ4n) is 4.17. The maximum Gasteiger partial charge on any atom is 0.227 e. The van der Waals surface area contributed by atoms with E-state index in [4.69, 9.17) is 4.99 Å². The Morgan fingerprint density at radius 2 is 1.74 bits per heavy atom. The number of aromatic nitrogens is 3. The summed E-state index contributed by atoms with van der Waals surface area (Å²) >= 11 is 1.70. The predicted molar refractivity (Wildman–Crippen MR) is 134 cm³/mol. The van der Waals surface area contributed by atoms with Crippen molar-refractivity contribution in [1.29, 1.82) is 0 Å². The lowest BCUT2D eigenvalue weighted by Crippen LogP contribution is -2.17. The Kier molecular flexibility index (Phi) is 5.53. The van der Waals surface area contributed by atoms with Crippen LogP contribution >= 0.6 is 11.3 Å². The second-order valence-corrected chi connectivity index (χ2v) is 9.77. The fraction of sp³-hybridized carbons (Fsp3) is 0.231. The van der Waals surface area contributed by atoms with Gasteiger partial charge in [0.1, 0.15) is 22.6 Å². The van der Waals surface area contributed by atoms with Gasteiger partial charge in [-0.1, -0.05) is 29.8 Å². The Balaban J connectivity index is 1.61. The topological polar surface area (TPSA) is 92.4 Å². The van der Waals surface area contributed by atoms with Crippen molar-refractivity contribution in [3.8, 4) is 10.8 Å². The van der Waals surface area contributed by atoms with Crippen LogP contribution < -0.4 is 5.32 Å². The normalized spacial score (nSPS) is 14.7. The van der Waals surface area contributed by atoms with E-state index in [-0.39, 0.29) is 18.1 Å². The Bertz CT molecular complexity index is 1410. The molecular weight excluding hydrogens is 446 g/mol. The first-order valence-electron chi connectivity index (χ1n) is 11.1. The van der Waals surface area contributed by atoms with E-state index in [2.05, 4.69) is 60.6 Å². The highest BCUT2D eigenvalue weighted by molar-refractivity contribution is 7.15. The maximum absolute atomic E-state index is 13.0. The molecule has 0 aliphatic carbocycles. The highest BCUT2D eigenvalue weighted by atomic mass is 32.1. The number of hydrogen-bond donors (Lipinski definition) is 2. The summed E-state index contributed by atoms with van der Waals surface area (Å²) in [6.45, 7) is 8.22. The molecule has 0 saturated carbocycles. The molecule has 3 heterocycles. The van der Waals surface area contributed by atoms with Gasteiger partial charge in [0.15, 0.2) is 5.82 Å². The third-order valence-electron chi connectivity index (χ3n) is 6.09. The van der Waals surface area contributed by atoms with Gasteiger partial charge in [0.25, 0.3) is 0 Å². The van der Waals surface area contributed by atoms with Crippen molar-refractivity contribution in [3.05, 3.63) is 87.3 Å². The van der Waals surface area contributed by atoms with Crippen LogP contribution in [0.5, 0.6) is 5.75 Å². The van der Waals surface area contributed by atoms with Gasteiger partial charge in [-0.15, -0.1) is 21.5 Å². The van der Waals surface area contributed by atoms with Gasteiger partial charge in [-0.2, -0.15) is 0 Å². The van der Waals surface area contributed by atoms with Crippen LogP contribution in [0, 0.1) is 27.7 Å². The minimum Gasteiger partial charge on any atom is -0.508 e. The number of fused-ring (bicyclic) bond motifs is 3. The number of anilines is 1. The Labute approximate surface area is 201 Å². The number of aromatic hydroxyl groups is 1. The lowest BCUT2D eigenvalue weighted by molar-refractivity contribution is -0.116. The van der Waals surface area contributed by atoms with Crippen molar-refractivity contribution >= 4 is 28.6 Å². The average Bonchev–Trinajstić information content (AvgIpc) is 3.28. The van der Waals surface area contributed by atoms with E-state index in [0.717, 1.165) is 27.7 Å². The molecule has 34 heavy (non-hydrogen) atoms. The zero-order chi connectivity index (χ0) is 24.0. The number of aryl methyl sites for hydroxylation is 3. The van der Waals surface area contributed by atoms with E-state index in [1.54, 1.807) is 23.5 Å². The molecule has 0 fully saturated rings. The minimum atomic E-state index is -0.506. The molecule has 8 heteroatoms. The maximum atomic E-state index is 13.0.